The average Bonchev–Trinajstić information content (AvgIpc) is 3.03. The number of rotatable bonds is 6. The second kappa shape index (κ2) is 7.74. The predicted octanol–water partition coefficient (Wildman–Crippen LogP) is 2.91. The van der Waals surface area contributed by atoms with Crippen molar-refractivity contribution in [2.24, 2.45) is 0 Å². The third kappa shape index (κ3) is 3.96. The summed E-state index contributed by atoms with van der Waals surface area (Å²) < 4.78 is 27.4. The van der Waals surface area contributed by atoms with Crippen LogP contribution in [0, 0.1) is 18.3 Å². The number of sulfonamides is 1. The van der Waals surface area contributed by atoms with Crippen molar-refractivity contribution in [3.63, 3.8) is 0 Å². The van der Waals surface area contributed by atoms with Gasteiger partial charge in [-0.2, -0.15) is 5.26 Å². The zero-order valence-corrected chi connectivity index (χ0v) is 15.6. The molecule has 0 bridgehead atoms. The van der Waals surface area contributed by atoms with E-state index in [4.69, 9.17) is 5.26 Å². The number of aromatic nitrogens is 2. The molecule has 0 saturated carbocycles. The highest BCUT2D eigenvalue weighted by atomic mass is 32.2. The standard InChI is InChI=1S/C18H16N4O2S2/c1-13-16(25-18(22-13)15-6-4-9-20-12-15)8-10-21-26(23,24)17-7-3-2-5-14(17)11-19/h2-7,9,12,21H,8,10H2,1H3. The molecule has 0 fully saturated rings. The number of thiazole rings is 1. The van der Waals surface area contributed by atoms with Crippen molar-refractivity contribution in [3.05, 3.63) is 64.9 Å². The quantitative estimate of drug-likeness (QED) is 0.705. The van der Waals surface area contributed by atoms with Crippen LogP contribution in [0.2, 0.25) is 0 Å². The molecule has 0 unspecified atom stereocenters. The first-order valence-electron chi connectivity index (χ1n) is 7.87. The molecular weight excluding hydrogens is 368 g/mol. The van der Waals surface area contributed by atoms with E-state index >= 15 is 0 Å². The third-order valence-corrected chi connectivity index (χ3v) is 6.53. The summed E-state index contributed by atoms with van der Waals surface area (Å²) in [5, 5.41) is 9.94. The minimum absolute atomic E-state index is 0.000393. The Morgan fingerprint density at radius 2 is 2.04 bits per heavy atom. The van der Waals surface area contributed by atoms with Gasteiger partial charge in [0.05, 0.1) is 16.2 Å². The van der Waals surface area contributed by atoms with Crippen LogP contribution in [0.4, 0.5) is 0 Å². The van der Waals surface area contributed by atoms with E-state index in [2.05, 4.69) is 14.7 Å². The summed E-state index contributed by atoms with van der Waals surface area (Å²) >= 11 is 1.53. The fourth-order valence-electron chi connectivity index (χ4n) is 2.44. The normalized spacial score (nSPS) is 11.2. The summed E-state index contributed by atoms with van der Waals surface area (Å²) in [6.07, 6.45) is 3.99. The number of aryl methyl sites for hydroxylation is 1. The van der Waals surface area contributed by atoms with Gasteiger partial charge in [0.25, 0.3) is 0 Å². The van der Waals surface area contributed by atoms with Gasteiger partial charge in [0.2, 0.25) is 10.0 Å². The lowest BCUT2D eigenvalue weighted by Crippen LogP contribution is -2.26. The lowest BCUT2D eigenvalue weighted by Gasteiger charge is -2.07. The molecule has 0 aliphatic rings. The Balaban J connectivity index is 1.71. The van der Waals surface area contributed by atoms with Gasteiger partial charge >= 0.3 is 0 Å². The van der Waals surface area contributed by atoms with Crippen molar-refractivity contribution < 1.29 is 8.42 Å². The highest BCUT2D eigenvalue weighted by Crippen LogP contribution is 2.27. The highest BCUT2D eigenvalue weighted by molar-refractivity contribution is 7.89. The van der Waals surface area contributed by atoms with Gasteiger partial charge in [0.15, 0.2) is 0 Å². The molecule has 6 nitrogen and oxygen atoms in total. The first-order chi connectivity index (χ1) is 12.5. The molecule has 8 heteroatoms. The fraction of sp³-hybridized carbons (Fsp3) is 0.167. The topological polar surface area (TPSA) is 95.7 Å². The smallest absolute Gasteiger partial charge is 0.241 e. The SMILES string of the molecule is Cc1nc(-c2cccnc2)sc1CCNS(=O)(=O)c1ccccc1C#N. The van der Waals surface area contributed by atoms with Gasteiger partial charge in [0, 0.05) is 29.4 Å². The lowest BCUT2D eigenvalue weighted by atomic mass is 10.2. The molecule has 0 amide bonds. The Bertz CT molecular complexity index is 1050. The molecular formula is C18H16N4O2S2. The number of nitrogens with zero attached hydrogens (tertiary/aromatic N) is 3. The van der Waals surface area contributed by atoms with E-state index in [0.29, 0.717) is 6.42 Å². The van der Waals surface area contributed by atoms with Crippen LogP contribution in [0.15, 0.2) is 53.7 Å². The van der Waals surface area contributed by atoms with Crippen LogP contribution in [0.1, 0.15) is 16.1 Å². The minimum Gasteiger partial charge on any atom is -0.264 e. The molecule has 1 N–H and O–H groups in total. The van der Waals surface area contributed by atoms with Gasteiger partial charge in [-0.05, 0) is 37.6 Å². The monoisotopic (exact) mass is 384 g/mol. The van der Waals surface area contributed by atoms with Gasteiger partial charge < -0.3 is 0 Å². The molecule has 0 atom stereocenters. The van der Waals surface area contributed by atoms with E-state index in [1.807, 2.05) is 25.1 Å². The second-order valence-electron chi connectivity index (χ2n) is 5.53. The highest BCUT2D eigenvalue weighted by Gasteiger charge is 2.18. The molecule has 0 aliphatic carbocycles. The maximum atomic E-state index is 12.4. The molecule has 2 aromatic heterocycles. The minimum atomic E-state index is -3.73. The number of nitrogens with one attached hydrogen (secondary N) is 1. The Labute approximate surface area is 156 Å². The number of benzene rings is 1. The van der Waals surface area contributed by atoms with Crippen LogP contribution in [0.25, 0.3) is 10.6 Å². The van der Waals surface area contributed by atoms with Crippen LogP contribution >= 0.6 is 11.3 Å². The molecule has 0 aliphatic heterocycles. The van der Waals surface area contributed by atoms with Gasteiger partial charge in [0.1, 0.15) is 11.1 Å². The van der Waals surface area contributed by atoms with Crippen molar-refractivity contribution in [3.8, 4) is 16.6 Å². The summed E-state index contributed by atoms with van der Waals surface area (Å²) in [6, 6.07) is 11.9. The summed E-state index contributed by atoms with van der Waals surface area (Å²) in [6.45, 7) is 2.14. The predicted molar refractivity (Wildman–Crippen MR) is 100 cm³/mol. The summed E-state index contributed by atoms with van der Waals surface area (Å²) in [5.41, 5.74) is 1.95. The zero-order chi connectivity index (χ0) is 18.6. The van der Waals surface area contributed by atoms with E-state index in [1.54, 1.807) is 24.5 Å². The van der Waals surface area contributed by atoms with Gasteiger partial charge in [-0.1, -0.05) is 12.1 Å². The van der Waals surface area contributed by atoms with Crippen molar-refractivity contribution in [2.75, 3.05) is 6.54 Å². The largest absolute Gasteiger partial charge is 0.264 e. The van der Waals surface area contributed by atoms with Crippen molar-refractivity contribution in [1.29, 1.82) is 5.26 Å². The zero-order valence-electron chi connectivity index (χ0n) is 14.0. The van der Waals surface area contributed by atoms with Crippen LogP contribution in [-0.2, 0) is 16.4 Å². The van der Waals surface area contributed by atoms with Crippen LogP contribution in [0.5, 0.6) is 0 Å². The average molecular weight is 384 g/mol. The second-order valence-corrected chi connectivity index (χ2v) is 8.34. The lowest BCUT2D eigenvalue weighted by molar-refractivity contribution is 0.581. The van der Waals surface area contributed by atoms with E-state index in [0.717, 1.165) is 21.1 Å². The van der Waals surface area contributed by atoms with Crippen molar-refractivity contribution in [2.45, 2.75) is 18.2 Å². The first-order valence-corrected chi connectivity index (χ1v) is 10.2. The number of hydrogen-bond acceptors (Lipinski definition) is 6. The van der Waals surface area contributed by atoms with E-state index in [1.165, 1.54) is 23.5 Å². The maximum Gasteiger partial charge on any atom is 0.241 e. The molecule has 0 spiro atoms. The molecule has 26 heavy (non-hydrogen) atoms. The summed E-state index contributed by atoms with van der Waals surface area (Å²) in [4.78, 5) is 9.65. The van der Waals surface area contributed by atoms with Crippen molar-refractivity contribution >= 4 is 21.4 Å². The molecule has 1 aromatic carbocycles. The Morgan fingerprint density at radius 1 is 1.23 bits per heavy atom. The third-order valence-electron chi connectivity index (χ3n) is 3.74. The number of nitriles is 1. The van der Waals surface area contributed by atoms with Crippen LogP contribution in [-0.4, -0.2) is 24.9 Å². The molecule has 0 radical (unpaired) electrons. The molecule has 3 rings (SSSR count). The van der Waals surface area contributed by atoms with Crippen molar-refractivity contribution in [1.82, 2.24) is 14.7 Å². The summed E-state index contributed by atoms with van der Waals surface area (Å²) in [5.74, 6) is 0. The van der Waals surface area contributed by atoms with E-state index < -0.39 is 10.0 Å². The number of hydrogen-bond donors (Lipinski definition) is 1. The molecule has 2 heterocycles. The van der Waals surface area contributed by atoms with Gasteiger partial charge in [-0.15, -0.1) is 11.3 Å². The van der Waals surface area contributed by atoms with Gasteiger partial charge in [-0.3, -0.25) is 4.98 Å². The van der Waals surface area contributed by atoms with Gasteiger partial charge in [-0.25, -0.2) is 18.1 Å². The van der Waals surface area contributed by atoms with Crippen LogP contribution < -0.4 is 4.72 Å². The van der Waals surface area contributed by atoms with E-state index in [9.17, 15) is 8.42 Å². The molecule has 3 aromatic rings. The Hall–Kier alpha value is -2.60. The first kappa shape index (κ1) is 18.2. The Morgan fingerprint density at radius 3 is 2.77 bits per heavy atom. The molecule has 0 saturated heterocycles. The number of pyridine rings is 1. The maximum absolute atomic E-state index is 12.4. The molecule has 132 valence electrons. The summed E-state index contributed by atoms with van der Waals surface area (Å²) in [7, 11) is -3.73. The Kier molecular flexibility index (Phi) is 5.42. The van der Waals surface area contributed by atoms with E-state index in [-0.39, 0.29) is 17.0 Å². The fourth-order valence-corrected chi connectivity index (χ4v) is 4.68. The van der Waals surface area contributed by atoms with Crippen LogP contribution in [0.3, 0.4) is 0 Å².